The third-order valence-electron chi connectivity index (χ3n) is 3.50. The number of nitrogens with one attached hydrogen (secondary N) is 1. The maximum Gasteiger partial charge on any atom is 0.261 e. The molecule has 26 heavy (non-hydrogen) atoms. The zero-order chi connectivity index (χ0) is 18.9. The molecule has 10 heteroatoms. The summed E-state index contributed by atoms with van der Waals surface area (Å²) in [5.74, 6) is -0.668. The second kappa shape index (κ2) is 6.54. The molecule has 0 radical (unpaired) electrons. The maximum atomic E-state index is 14.2. The van der Waals surface area contributed by atoms with E-state index in [4.69, 9.17) is 0 Å². The Morgan fingerprint density at radius 3 is 2.35 bits per heavy atom. The molecular weight excluding hydrogens is 381 g/mol. The first-order valence-corrected chi connectivity index (χ1v) is 10.7. The summed E-state index contributed by atoms with van der Waals surface area (Å²) < 4.78 is 65.9. The lowest BCUT2D eigenvalue weighted by molar-refractivity contribution is 0.599. The number of rotatable bonds is 5. The van der Waals surface area contributed by atoms with Crippen molar-refractivity contribution in [3.8, 4) is 5.69 Å². The molecule has 0 aliphatic rings. The average Bonchev–Trinajstić information content (AvgIpc) is 3.08. The number of hydrogen-bond acceptors (Lipinski definition) is 5. The van der Waals surface area contributed by atoms with Crippen LogP contribution in [0.3, 0.4) is 0 Å². The van der Waals surface area contributed by atoms with Crippen molar-refractivity contribution in [3.63, 3.8) is 0 Å². The van der Waals surface area contributed by atoms with Gasteiger partial charge in [-0.1, -0.05) is 6.07 Å². The highest BCUT2D eigenvalue weighted by Gasteiger charge is 2.18. The van der Waals surface area contributed by atoms with E-state index in [2.05, 4.69) is 9.82 Å². The Bertz CT molecular complexity index is 1160. The van der Waals surface area contributed by atoms with Crippen molar-refractivity contribution in [1.82, 2.24) is 9.78 Å². The van der Waals surface area contributed by atoms with Gasteiger partial charge in [0, 0.05) is 24.7 Å². The van der Waals surface area contributed by atoms with E-state index in [1.165, 1.54) is 41.2 Å². The average molecular weight is 395 g/mol. The first-order chi connectivity index (χ1) is 12.2. The first-order valence-electron chi connectivity index (χ1n) is 7.29. The van der Waals surface area contributed by atoms with Gasteiger partial charge in [-0.2, -0.15) is 5.10 Å². The first kappa shape index (κ1) is 18.1. The summed E-state index contributed by atoms with van der Waals surface area (Å²) in [5.41, 5.74) is 0.167. The van der Waals surface area contributed by atoms with Gasteiger partial charge in [0.2, 0.25) is 0 Å². The standard InChI is InChI=1S/C16H14FN3O4S2/c1-25(21,22)13-4-2-5-14(11-13)26(23,24)19-12-6-7-16(15(17)10-12)20-9-3-8-18-20/h2-11,19H,1H3. The van der Waals surface area contributed by atoms with Gasteiger partial charge in [-0.3, -0.25) is 4.72 Å². The van der Waals surface area contributed by atoms with Gasteiger partial charge in [0.25, 0.3) is 10.0 Å². The van der Waals surface area contributed by atoms with E-state index in [0.29, 0.717) is 0 Å². The zero-order valence-electron chi connectivity index (χ0n) is 13.5. The molecule has 0 bridgehead atoms. The summed E-state index contributed by atoms with van der Waals surface area (Å²) in [5, 5.41) is 3.91. The summed E-state index contributed by atoms with van der Waals surface area (Å²) in [6, 6.07) is 10.3. The van der Waals surface area contributed by atoms with Crippen LogP contribution in [0.2, 0.25) is 0 Å². The summed E-state index contributed by atoms with van der Waals surface area (Å²) in [6.45, 7) is 0. The fourth-order valence-electron chi connectivity index (χ4n) is 2.25. The number of benzene rings is 2. The Labute approximate surface area is 150 Å². The number of nitrogens with zero attached hydrogens (tertiary/aromatic N) is 2. The molecule has 0 fully saturated rings. The smallest absolute Gasteiger partial charge is 0.261 e. The molecule has 3 rings (SSSR count). The minimum Gasteiger partial charge on any atom is -0.280 e. The van der Waals surface area contributed by atoms with E-state index in [-0.39, 0.29) is 21.2 Å². The van der Waals surface area contributed by atoms with Crippen LogP contribution in [0.15, 0.2) is 70.7 Å². The molecule has 136 valence electrons. The van der Waals surface area contributed by atoms with Crippen LogP contribution in [0, 0.1) is 5.82 Å². The summed E-state index contributed by atoms with van der Waals surface area (Å²) in [6.07, 6.45) is 4.03. The fourth-order valence-corrected chi connectivity index (χ4v) is 4.09. The quantitative estimate of drug-likeness (QED) is 0.714. The third kappa shape index (κ3) is 3.75. The Morgan fingerprint density at radius 2 is 1.73 bits per heavy atom. The van der Waals surface area contributed by atoms with Gasteiger partial charge in [0.15, 0.2) is 15.7 Å². The number of halogens is 1. The van der Waals surface area contributed by atoms with Crippen molar-refractivity contribution in [2.24, 2.45) is 0 Å². The molecule has 3 aromatic rings. The summed E-state index contributed by atoms with van der Waals surface area (Å²) in [7, 11) is -7.64. The van der Waals surface area contributed by atoms with Gasteiger partial charge in [-0.05, 0) is 36.4 Å². The predicted octanol–water partition coefficient (Wildman–Crippen LogP) is 2.22. The Morgan fingerprint density at radius 1 is 1.00 bits per heavy atom. The molecule has 1 heterocycles. The molecule has 0 aliphatic heterocycles. The highest BCUT2D eigenvalue weighted by Crippen LogP contribution is 2.22. The molecule has 1 aromatic heterocycles. The molecule has 0 saturated carbocycles. The van der Waals surface area contributed by atoms with Crippen LogP contribution < -0.4 is 4.72 Å². The van der Waals surface area contributed by atoms with Gasteiger partial charge in [0.05, 0.1) is 15.5 Å². The molecule has 0 spiro atoms. The zero-order valence-corrected chi connectivity index (χ0v) is 15.1. The molecule has 0 aliphatic carbocycles. The minimum absolute atomic E-state index is 0.00293. The van der Waals surface area contributed by atoms with Crippen LogP contribution in [0.5, 0.6) is 0 Å². The predicted molar refractivity (Wildman–Crippen MR) is 93.9 cm³/mol. The second-order valence-electron chi connectivity index (χ2n) is 5.47. The van der Waals surface area contributed by atoms with Crippen molar-refractivity contribution in [2.45, 2.75) is 9.79 Å². The van der Waals surface area contributed by atoms with Crippen molar-refractivity contribution in [3.05, 3.63) is 66.7 Å². The van der Waals surface area contributed by atoms with Gasteiger partial charge in [-0.25, -0.2) is 25.9 Å². The lowest BCUT2D eigenvalue weighted by Gasteiger charge is -2.10. The molecule has 0 saturated heterocycles. The highest BCUT2D eigenvalue weighted by molar-refractivity contribution is 7.93. The van der Waals surface area contributed by atoms with E-state index in [1.54, 1.807) is 12.3 Å². The van der Waals surface area contributed by atoms with Crippen molar-refractivity contribution < 1.29 is 21.2 Å². The van der Waals surface area contributed by atoms with Crippen LogP contribution in [0.1, 0.15) is 0 Å². The van der Waals surface area contributed by atoms with E-state index in [0.717, 1.165) is 18.4 Å². The third-order valence-corrected chi connectivity index (χ3v) is 5.98. The van der Waals surface area contributed by atoms with Crippen LogP contribution >= 0.6 is 0 Å². The Hall–Kier alpha value is -2.72. The minimum atomic E-state index is -4.08. The van der Waals surface area contributed by atoms with E-state index < -0.39 is 25.7 Å². The van der Waals surface area contributed by atoms with Crippen LogP contribution in [-0.2, 0) is 19.9 Å². The normalized spacial score (nSPS) is 12.1. The molecule has 0 atom stereocenters. The SMILES string of the molecule is CS(=O)(=O)c1cccc(S(=O)(=O)Nc2ccc(-n3cccn3)c(F)c2)c1. The van der Waals surface area contributed by atoms with E-state index >= 15 is 0 Å². The largest absolute Gasteiger partial charge is 0.280 e. The van der Waals surface area contributed by atoms with E-state index in [9.17, 15) is 21.2 Å². The Kier molecular flexibility index (Phi) is 4.55. The summed E-state index contributed by atoms with van der Waals surface area (Å²) in [4.78, 5) is -0.363. The topological polar surface area (TPSA) is 98.1 Å². The summed E-state index contributed by atoms with van der Waals surface area (Å²) >= 11 is 0. The molecular formula is C16H14FN3O4S2. The van der Waals surface area contributed by atoms with Gasteiger partial charge >= 0.3 is 0 Å². The molecule has 1 N–H and O–H groups in total. The van der Waals surface area contributed by atoms with Crippen LogP contribution in [0.25, 0.3) is 5.69 Å². The van der Waals surface area contributed by atoms with Gasteiger partial charge < -0.3 is 0 Å². The number of hydrogen-bond donors (Lipinski definition) is 1. The fraction of sp³-hybridized carbons (Fsp3) is 0.0625. The maximum absolute atomic E-state index is 14.2. The van der Waals surface area contributed by atoms with Gasteiger partial charge in [-0.15, -0.1) is 0 Å². The number of anilines is 1. The van der Waals surface area contributed by atoms with Gasteiger partial charge in [0.1, 0.15) is 5.69 Å². The molecule has 2 aromatic carbocycles. The lowest BCUT2D eigenvalue weighted by Crippen LogP contribution is -2.14. The molecule has 7 nitrogen and oxygen atoms in total. The number of sulfonamides is 1. The van der Waals surface area contributed by atoms with Crippen LogP contribution in [0.4, 0.5) is 10.1 Å². The second-order valence-corrected chi connectivity index (χ2v) is 9.17. The molecule has 0 amide bonds. The highest BCUT2D eigenvalue weighted by atomic mass is 32.2. The monoisotopic (exact) mass is 395 g/mol. The Balaban J connectivity index is 1.92. The molecule has 0 unspecified atom stereocenters. The van der Waals surface area contributed by atoms with E-state index in [1.807, 2.05) is 0 Å². The van der Waals surface area contributed by atoms with Crippen molar-refractivity contribution in [1.29, 1.82) is 0 Å². The van der Waals surface area contributed by atoms with Crippen molar-refractivity contribution >= 4 is 25.5 Å². The number of aromatic nitrogens is 2. The van der Waals surface area contributed by atoms with Crippen LogP contribution in [-0.4, -0.2) is 32.9 Å². The van der Waals surface area contributed by atoms with Crippen molar-refractivity contribution in [2.75, 3.05) is 11.0 Å². The number of sulfone groups is 1. The lowest BCUT2D eigenvalue weighted by atomic mass is 10.3.